The predicted octanol–water partition coefficient (Wildman–Crippen LogP) is 4.80. The minimum absolute atomic E-state index is 0.429. The van der Waals surface area contributed by atoms with E-state index < -0.39 is 0 Å². The third kappa shape index (κ3) is 5.18. The Morgan fingerprint density at radius 2 is 1.67 bits per heavy atom. The molecule has 3 aromatic rings. The van der Waals surface area contributed by atoms with Crippen LogP contribution in [0.1, 0.15) is 48.8 Å². The van der Waals surface area contributed by atoms with Crippen molar-refractivity contribution >= 4 is 17.8 Å². The van der Waals surface area contributed by atoms with Gasteiger partial charge < -0.3 is 20.3 Å². The maximum atomic E-state index is 5.50. The third-order valence-electron chi connectivity index (χ3n) is 6.60. The molecule has 172 valence electrons. The van der Waals surface area contributed by atoms with Gasteiger partial charge in [0.2, 0.25) is 17.8 Å². The number of rotatable bonds is 7. The van der Waals surface area contributed by atoms with E-state index in [2.05, 4.69) is 45.9 Å². The Labute approximate surface area is 195 Å². The molecule has 0 radical (unpaired) electrons. The van der Waals surface area contributed by atoms with Crippen molar-refractivity contribution in [2.75, 3.05) is 29.2 Å². The van der Waals surface area contributed by atoms with Crippen molar-refractivity contribution in [3.8, 4) is 5.75 Å². The Morgan fingerprint density at radius 3 is 2.52 bits per heavy atom. The van der Waals surface area contributed by atoms with E-state index >= 15 is 0 Å². The van der Waals surface area contributed by atoms with Gasteiger partial charge in [0.05, 0.1) is 7.11 Å². The molecule has 5 rings (SSSR count). The summed E-state index contributed by atoms with van der Waals surface area (Å²) in [6, 6.07) is 17.1. The molecule has 0 atom stereocenters. The minimum Gasteiger partial charge on any atom is -0.496 e. The van der Waals surface area contributed by atoms with Crippen molar-refractivity contribution in [1.82, 2.24) is 15.0 Å². The van der Waals surface area contributed by atoms with Crippen LogP contribution in [-0.4, -0.2) is 34.6 Å². The normalized spacial score (nSPS) is 16.2. The van der Waals surface area contributed by atoms with E-state index in [9.17, 15) is 0 Å². The van der Waals surface area contributed by atoms with Crippen LogP contribution >= 0.6 is 0 Å². The van der Waals surface area contributed by atoms with Crippen molar-refractivity contribution in [3.63, 3.8) is 0 Å². The van der Waals surface area contributed by atoms with Gasteiger partial charge >= 0.3 is 0 Å². The number of nitrogens with zero attached hydrogens (tertiary/aromatic N) is 4. The van der Waals surface area contributed by atoms with E-state index in [1.807, 2.05) is 18.2 Å². The summed E-state index contributed by atoms with van der Waals surface area (Å²) in [6.07, 6.45) is 7.18. The van der Waals surface area contributed by atoms with Gasteiger partial charge in [-0.25, -0.2) is 0 Å². The highest BCUT2D eigenvalue weighted by atomic mass is 16.5. The Morgan fingerprint density at radius 1 is 0.909 bits per heavy atom. The van der Waals surface area contributed by atoms with Gasteiger partial charge in [-0.3, -0.25) is 0 Å². The van der Waals surface area contributed by atoms with E-state index in [0.717, 1.165) is 36.8 Å². The molecule has 2 heterocycles. The van der Waals surface area contributed by atoms with Crippen molar-refractivity contribution in [2.24, 2.45) is 0 Å². The molecule has 7 nitrogen and oxygen atoms in total. The molecule has 1 fully saturated rings. The standard InChI is InChI=1S/C26H32N6O/c1-33-23-14-8-7-10-20(23)17-27-24-29-25(28-22-12-3-2-4-13-22)31-26(30-24)32-16-15-19-9-5-6-11-21(19)18-32/h5-11,14,22H,2-4,12-13,15-18H2,1H3,(H2,27,28,29,30,31). The van der Waals surface area contributed by atoms with Crippen molar-refractivity contribution in [3.05, 3.63) is 65.2 Å². The summed E-state index contributed by atoms with van der Waals surface area (Å²) in [4.78, 5) is 16.6. The van der Waals surface area contributed by atoms with Gasteiger partial charge in [-0.1, -0.05) is 61.7 Å². The maximum absolute atomic E-state index is 5.50. The number of para-hydroxylation sites is 1. The Kier molecular flexibility index (Phi) is 6.56. The second-order valence-corrected chi connectivity index (χ2v) is 8.87. The van der Waals surface area contributed by atoms with Gasteiger partial charge in [0.15, 0.2) is 0 Å². The summed E-state index contributed by atoms with van der Waals surface area (Å²) in [5, 5.41) is 6.99. The van der Waals surface area contributed by atoms with Gasteiger partial charge in [0.1, 0.15) is 5.75 Å². The van der Waals surface area contributed by atoms with Crippen molar-refractivity contribution in [1.29, 1.82) is 0 Å². The van der Waals surface area contributed by atoms with Gasteiger partial charge in [-0.05, 0) is 36.5 Å². The SMILES string of the molecule is COc1ccccc1CNc1nc(NC2CCCCC2)nc(N2CCc3ccccc3C2)n1. The third-order valence-corrected chi connectivity index (χ3v) is 6.60. The fraction of sp³-hybridized carbons (Fsp3) is 0.423. The molecule has 2 aromatic carbocycles. The molecular formula is C26H32N6O. The fourth-order valence-electron chi connectivity index (χ4n) is 4.77. The van der Waals surface area contributed by atoms with E-state index in [0.29, 0.717) is 24.5 Å². The molecule has 0 amide bonds. The molecule has 0 unspecified atom stereocenters. The molecule has 1 aromatic heterocycles. The van der Waals surface area contributed by atoms with E-state index in [1.54, 1.807) is 7.11 Å². The molecule has 2 N–H and O–H groups in total. The number of nitrogens with one attached hydrogen (secondary N) is 2. The van der Waals surface area contributed by atoms with Gasteiger partial charge in [-0.15, -0.1) is 0 Å². The van der Waals surface area contributed by atoms with E-state index in [-0.39, 0.29) is 0 Å². The van der Waals surface area contributed by atoms with E-state index in [4.69, 9.17) is 19.7 Å². The quantitative estimate of drug-likeness (QED) is 0.542. The molecule has 2 aliphatic rings. The zero-order chi connectivity index (χ0) is 22.5. The fourth-order valence-corrected chi connectivity index (χ4v) is 4.77. The van der Waals surface area contributed by atoms with Crippen LogP contribution in [0.2, 0.25) is 0 Å². The molecule has 1 saturated carbocycles. The summed E-state index contributed by atoms with van der Waals surface area (Å²) in [7, 11) is 1.69. The van der Waals surface area contributed by atoms with Crippen molar-refractivity contribution < 1.29 is 4.74 Å². The first kappa shape index (κ1) is 21.5. The lowest BCUT2D eigenvalue weighted by Gasteiger charge is -2.29. The highest BCUT2D eigenvalue weighted by molar-refractivity contribution is 5.47. The molecule has 1 aliphatic carbocycles. The minimum atomic E-state index is 0.429. The topological polar surface area (TPSA) is 75.2 Å². The first-order valence-electron chi connectivity index (χ1n) is 12.0. The summed E-state index contributed by atoms with van der Waals surface area (Å²) in [6.45, 7) is 2.30. The molecule has 7 heteroatoms. The van der Waals surface area contributed by atoms with Gasteiger partial charge in [0, 0.05) is 31.2 Å². The summed E-state index contributed by atoms with van der Waals surface area (Å²) >= 11 is 0. The van der Waals surface area contributed by atoms with Crippen LogP contribution in [0.15, 0.2) is 48.5 Å². The zero-order valence-electron chi connectivity index (χ0n) is 19.3. The van der Waals surface area contributed by atoms with Crippen LogP contribution in [0.25, 0.3) is 0 Å². The molecule has 33 heavy (non-hydrogen) atoms. The Hall–Kier alpha value is -3.35. The second kappa shape index (κ2) is 10.1. The highest BCUT2D eigenvalue weighted by Crippen LogP contribution is 2.26. The first-order chi connectivity index (χ1) is 16.3. The maximum Gasteiger partial charge on any atom is 0.232 e. The van der Waals surface area contributed by atoms with Crippen LogP contribution < -0.4 is 20.3 Å². The number of benzene rings is 2. The van der Waals surface area contributed by atoms with Crippen LogP contribution in [-0.2, 0) is 19.5 Å². The first-order valence-corrected chi connectivity index (χ1v) is 12.0. The number of aromatic nitrogens is 3. The monoisotopic (exact) mass is 444 g/mol. The molecule has 0 bridgehead atoms. The van der Waals surface area contributed by atoms with Gasteiger partial charge in [-0.2, -0.15) is 15.0 Å². The lowest BCUT2D eigenvalue weighted by Crippen LogP contribution is -2.32. The summed E-state index contributed by atoms with van der Waals surface area (Å²) in [5.41, 5.74) is 3.82. The summed E-state index contributed by atoms with van der Waals surface area (Å²) < 4.78 is 5.50. The van der Waals surface area contributed by atoms with E-state index in [1.165, 1.54) is 43.2 Å². The number of anilines is 3. The van der Waals surface area contributed by atoms with Crippen LogP contribution in [0.5, 0.6) is 5.75 Å². The van der Waals surface area contributed by atoms with Gasteiger partial charge in [0.25, 0.3) is 0 Å². The largest absolute Gasteiger partial charge is 0.496 e. The number of ether oxygens (including phenoxy) is 1. The molecular weight excluding hydrogens is 412 g/mol. The Balaban J connectivity index is 1.39. The smallest absolute Gasteiger partial charge is 0.232 e. The highest BCUT2D eigenvalue weighted by Gasteiger charge is 2.21. The van der Waals surface area contributed by atoms with Crippen LogP contribution in [0.3, 0.4) is 0 Å². The molecule has 0 spiro atoms. The summed E-state index contributed by atoms with van der Waals surface area (Å²) in [5.74, 6) is 2.82. The average molecular weight is 445 g/mol. The number of hydrogen-bond donors (Lipinski definition) is 2. The zero-order valence-corrected chi connectivity index (χ0v) is 19.3. The average Bonchev–Trinajstić information content (AvgIpc) is 2.88. The predicted molar refractivity (Wildman–Crippen MR) is 132 cm³/mol. The number of methoxy groups -OCH3 is 1. The van der Waals surface area contributed by atoms with Crippen LogP contribution in [0, 0.1) is 0 Å². The lowest BCUT2D eigenvalue weighted by molar-refractivity contribution is 0.410. The Bertz CT molecular complexity index is 1080. The van der Waals surface area contributed by atoms with Crippen molar-refractivity contribution in [2.45, 2.75) is 57.7 Å². The lowest BCUT2D eigenvalue weighted by atomic mass is 9.96. The number of fused-ring (bicyclic) bond motifs is 1. The molecule has 0 saturated heterocycles. The molecule has 1 aliphatic heterocycles. The number of hydrogen-bond acceptors (Lipinski definition) is 7. The second-order valence-electron chi connectivity index (χ2n) is 8.87. The van der Waals surface area contributed by atoms with Crippen LogP contribution in [0.4, 0.5) is 17.8 Å².